The standard InChI is InChI=1S/C21H21NO5S/c1-4-16-13-18(17-7-5-6-8-19(17)22-16)20(27-28(3,24)25)14-9-11-15(12-10-14)21(23)26-2/h5-13,20H,4H2,1-3H3. The predicted molar refractivity (Wildman–Crippen MR) is 107 cm³/mol. The van der Waals surface area contributed by atoms with Gasteiger partial charge >= 0.3 is 5.97 Å². The van der Waals surface area contributed by atoms with Crippen LogP contribution in [0.1, 0.15) is 40.2 Å². The molecule has 1 unspecified atom stereocenters. The predicted octanol–water partition coefficient (Wildman–Crippen LogP) is 3.65. The van der Waals surface area contributed by atoms with Gasteiger partial charge in [-0.2, -0.15) is 8.42 Å². The summed E-state index contributed by atoms with van der Waals surface area (Å²) in [6, 6.07) is 15.9. The minimum atomic E-state index is -3.75. The highest BCUT2D eigenvalue weighted by Gasteiger charge is 2.23. The molecule has 1 aromatic heterocycles. The molecule has 3 aromatic rings. The zero-order valence-corrected chi connectivity index (χ0v) is 16.7. The second kappa shape index (κ2) is 8.08. The van der Waals surface area contributed by atoms with E-state index in [-0.39, 0.29) is 0 Å². The summed E-state index contributed by atoms with van der Waals surface area (Å²) in [6.45, 7) is 1.98. The van der Waals surface area contributed by atoms with E-state index in [2.05, 4.69) is 4.98 Å². The molecule has 0 aliphatic rings. The van der Waals surface area contributed by atoms with Crippen molar-refractivity contribution in [3.05, 3.63) is 77.0 Å². The number of hydrogen-bond acceptors (Lipinski definition) is 6. The van der Waals surface area contributed by atoms with Gasteiger partial charge in [-0.25, -0.2) is 4.79 Å². The third-order valence-electron chi connectivity index (χ3n) is 4.35. The van der Waals surface area contributed by atoms with Crippen LogP contribution in [0.2, 0.25) is 0 Å². The molecule has 0 bridgehead atoms. The summed E-state index contributed by atoms with van der Waals surface area (Å²) >= 11 is 0. The topological polar surface area (TPSA) is 82.6 Å². The summed E-state index contributed by atoms with van der Waals surface area (Å²) in [4.78, 5) is 16.3. The molecule has 7 heteroatoms. The van der Waals surface area contributed by atoms with Crippen molar-refractivity contribution >= 4 is 27.0 Å². The number of carbonyl (C=O) groups excluding carboxylic acids is 1. The summed E-state index contributed by atoms with van der Waals surface area (Å²) in [5.74, 6) is -0.463. The average Bonchev–Trinajstić information content (AvgIpc) is 2.70. The van der Waals surface area contributed by atoms with Gasteiger partial charge in [0.05, 0.1) is 24.4 Å². The van der Waals surface area contributed by atoms with Crippen LogP contribution in [0.3, 0.4) is 0 Å². The molecule has 0 fully saturated rings. The number of para-hydroxylation sites is 1. The molecule has 0 spiro atoms. The Labute approximate surface area is 164 Å². The molecule has 0 N–H and O–H groups in total. The molecule has 2 aromatic carbocycles. The van der Waals surface area contributed by atoms with Crippen molar-refractivity contribution in [2.24, 2.45) is 0 Å². The van der Waals surface area contributed by atoms with E-state index in [1.807, 2.05) is 37.3 Å². The fraction of sp³-hybridized carbons (Fsp3) is 0.238. The lowest BCUT2D eigenvalue weighted by Crippen LogP contribution is -2.13. The number of pyridine rings is 1. The highest BCUT2D eigenvalue weighted by atomic mass is 32.2. The van der Waals surface area contributed by atoms with Crippen LogP contribution >= 0.6 is 0 Å². The first-order valence-corrected chi connectivity index (χ1v) is 10.6. The van der Waals surface area contributed by atoms with Crippen LogP contribution in [-0.4, -0.2) is 32.7 Å². The van der Waals surface area contributed by atoms with Gasteiger partial charge < -0.3 is 4.74 Å². The van der Waals surface area contributed by atoms with E-state index in [0.717, 1.165) is 22.9 Å². The normalized spacial score (nSPS) is 12.7. The van der Waals surface area contributed by atoms with Crippen molar-refractivity contribution in [2.75, 3.05) is 13.4 Å². The fourth-order valence-electron chi connectivity index (χ4n) is 3.03. The minimum absolute atomic E-state index is 0.373. The van der Waals surface area contributed by atoms with Crippen LogP contribution in [0.5, 0.6) is 0 Å². The van der Waals surface area contributed by atoms with E-state index in [9.17, 15) is 13.2 Å². The van der Waals surface area contributed by atoms with Gasteiger partial charge in [-0.1, -0.05) is 37.3 Å². The Balaban J connectivity index is 2.19. The van der Waals surface area contributed by atoms with Gasteiger partial charge in [0.25, 0.3) is 10.1 Å². The van der Waals surface area contributed by atoms with Gasteiger partial charge in [0.1, 0.15) is 6.10 Å². The first kappa shape index (κ1) is 20.0. The number of esters is 1. The van der Waals surface area contributed by atoms with Gasteiger partial charge in [-0.3, -0.25) is 9.17 Å². The number of ether oxygens (including phenoxy) is 1. The van der Waals surface area contributed by atoms with Crippen LogP contribution in [0.4, 0.5) is 0 Å². The summed E-state index contributed by atoms with van der Waals surface area (Å²) in [6.07, 6.45) is 0.859. The Morgan fingerprint density at radius 3 is 2.39 bits per heavy atom. The number of aryl methyl sites for hydroxylation is 1. The third kappa shape index (κ3) is 4.37. The molecule has 28 heavy (non-hydrogen) atoms. The second-order valence-corrected chi connectivity index (χ2v) is 7.97. The molecule has 3 rings (SSSR count). The number of carbonyl (C=O) groups is 1. The van der Waals surface area contributed by atoms with Gasteiger partial charge in [0, 0.05) is 11.1 Å². The van der Waals surface area contributed by atoms with Gasteiger partial charge in [0.15, 0.2) is 0 Å². The van der Waals surface area contributed by atoms with Gasteiger partial charge in [-0.15, -0.1) is 0 Å². The lowest BCUT2D eigenvalue weighted by molar-refractivity contribution is 0.0600. The Kier molecular flexibility index (Phi) is 5.76. The molecule has 1 heterocycles. The van der Waals surface area contributed by atoms with Gasteiger partial charge in [-0.05, 0) is 41.8 Å². The Hall–Kier alpha value is -2.77. The van der Waals surface area contributed by atoms with E-state index < -0.39 is 22.2 Å². The summed E-state index contributed by atoms with van der Waals surface area (Å²) < 4.78 is 34.2. The van der Waals surface area contributed by atoms with Crippen molar-refractivity contribution in [1.82, 2.24) is 4.98 Å². The molecule has 1 atom stereocenters. The Bertz CT molecular complexity index is 1110. The number of hydrogen-bond donors (Lipinski definition) is 0. The number of fused-ring (bicyclic) bond motifs is 1. The molecule has 6 nitrogen and oxygen atoms in total. The largest absolute Gasteiger partial charge is 0.465 e. The Morgan fingerprint density at radius 1 is 1.11 bits per heavy atom. The van der Waals surface area contributed by atoms with Crippen LogP contribution in [0, 0.1) is 0 Å². The van der Waals surface area contributed by atoms with Crippen LogP contribution in [-0.2, 0) is 25.5 Å². The summed E-state index contributed by atoms with van der Waals surface area (Å²) in [7, 11) is -2.44. The zero-order chi connectivity index (χ0) is 20.3. The number of benzene rings is 2. The smallest absolute Gasteiger partial charge is 0.337 e. The number of aromatic nitrogens is 1. The number of nitrogens with zero attached hydrogens (tertiary/aromatic N) is 1. The maximum absolute atomic E-state index is 12.0. The van der Waals surface area contributed by atoms with Crippen LogP contribution in [0.25, 0.3) is 10.9 Å². The lowest BCUT2D eigenvalue weighted by atomic mass is 9.96. The fourth-order valence-corrected chi connectivity index (χ4v) is 3.60. The first-order chi connectivity index (χ1) is 13.3. The van der Waals surface area contributed by atoms with E-state index >= 15 is 0 Å². The van der Waals surface area contributed by atoms with Crippen molar-refractivity contribution in [3.63, 3.8) is 0 Å². The molecular weight excluding hydrogens is 378 g/mol. The molecule has 146 valence electrons. The van der Waals surface area contributed by atoms with Crippen LogP contribution in [0.15, 0.2) is 54.6 Å². The van der Waals surface area contributed by atoms with E-state index in [1.165, 1.54) is 7.11 Å². The van der Waals surface area contributed by atoms with Gasteiger partial charge in [0.2, 0.25) is 0 Å². The highest BCUT2D eigenvalue weighted by Crippen LogP contribution is 2.33. The second-order valence-electron chi connectivity index (χ2n) is 6.37. The highest BCUT2D eigenvalue weighted by molar-refractivity contribution is 7.86. The van der Waals surface area contributed by atoms with Crippen LogP contribution < -0.4 is 0 Å². The summed E-state index contributed by atoms with van der Waals surface area (Å²) in [5.41, 5.74) is 3.29. The number of methoxy groups -OCH3 is 1. The molecule has 0 saturated heterocycles. The molecule has 0 amide bonds. The first-order valence-electron chi connectivity index (χ1n) is 8.77. The van der Waals surface area contributed by atoms with Crippen molar-refractivity contribution in [1.29, 1.82) is 0 Å². The molecule has 0 radical (unpaired) electrons. The maximum Gasteiger partial charge on any atom is 0.337 e. The average molecular weight is 399 g/mol. The molecule has 0 aliphatic heterocycles. The third-order valence-corrected chi connectivity index (χ3v) is 4.89. The summed E-state index contributed by atoms with van der Waals surface area (Å²) in [5, 5.41) is 0.811. The monoisotopic (exact) mass is 399 g/mol. The van der Waals surface area contributed by atoms with E-state index in [4.69, 9.17) is 8.92 Å². The van der Waals surface area contributed by atoms with Crippen molar-refractivity contribution < 1.29 is 22.1 Å². The molecule has 0 aliphatic carbocycles. The number of rotatable bonds is 6. The van der Waals surface area contributed by atoms with Crippen molar-refractivity contribution in [3.8, 4) is 0 Å². The maximum atomic E-state index is 12.0. The molecule has 0 saturated carbocycles. The SMILES string of the molecule is CCc1cc(C(OS(C)(=O)=O)c2ccc(C(=O)OC)cc2)c2ccccc2n1. The van der Waals surface area contributed by atoms with E-state index in [0.29, 0.717) is 23.1 Å². The lowest BCUT2D eigenvalue weighted by Gasteiger charge is -2.20. The van der Waals surface area contributed by atoms with E-state index in [1.54, 1.807) is 24.3 Å². The minimum Gasteiger partial charge on any atom is -0.465 e. The zero-order valence-electron chi connectivity index (χ0n) is 15.9. The molecular formula is C21H21NO5S. The Morgan fingerprint density at radius 2 is 1.79 bits per heavy atom. The van der Waals surface area contributed by atoms with Crippen molar-refractivity contribution in [2.45, 2.75) is 19.4 Å². The quantitative estimate of drug-likeness (QED) is 0.465.